The molecule has 1 aromatic rings. The number of hydrogen-bond donors (Lipinski definition) is 0. The van der Waals surface area contributed by atoms with Crippen LogP contribution >= 0.6 is 0 Å². The van der Waals surface area contributed by atoms with Gasteiger partial charge in [-0.3, -0.25) is 4.79 Å². The van der Waals surface area contributed by atoms with E-state index < -0.39 is 30.0 Å². The van der Waals surface area contributed by atoms with Crippen molar-refractivity contribution in [3.63, 3.8) is 0 Å². The smallest absolute Gasteiger partial charge is 0.272 e. The minimum absolute atomic E-state index is 0.153. The summed E-state index contributed by atoms with van der Waals surface area (Å²) >= 11 is 0. The predicted octanol–water partition coefficient (Wildman–Crippen LogP) is 2.79. The molecule has 0 radical (unpaired) electrons. The van der Waals surface area contributed by atoms with Gasteiger partial charge >= 0.3 is 6.18 Å². The Labute approximate surface area is 99.7 Å². The van der Waals surface area contributed by atoms with Crippen molar-refractivity contribution in [2.24, 2.45) is 5.10 Å². The van der Waals surface area contributed by atoms with Gasteiger partial charge in [0.05, 0.1) is 12.1 Å². The maximum absolute atomic E-state index is 12.9. The number of alkyl halides is 3. The molecular weight excluding hydrogens is 252 g/mol. The summed E-state index contributed by atoms with van der Waals surface area (Å²) in [7, 11) is 0. The Bertz CT molecular complexity index is 536. The van der Waals surface area contributed by atoms with Crippen LogP contribution in [0.3, 0.4) is 0 Å². The number of anilines is 1. The van der Waals surface area contributed by atoms with Gasteiger partial charge in [0, 0.05) is 0 Å². The Kier molecular flexibility index (Phi) is 2.84. The predicted molar refractivity (Wildman–Crippen MR) is 56.7 cm³/mol. The van der Waals surface area contributed by atoms with E-state index in [1.807, 2.05) is 0 Å². The number of hydrogen-bond acceptors (Lipinski definition) is 2. The van der Waals surface area contributed by atoms with Crippen molar-refractivity contribution in [1.29, 1.82) is 0 Å². The third kappa shape index (κ3) is 2.20. The van der Waals surface area contributed by atoms with Gasteiger partial charge in [-0.2, -0.15) is 23.3 Å². The first-order valence-corrected chi connectivity index (χ1v) is 5.03. The average Bonchev–Trinajstić information content (AvgIpc) is 2.60. The van der Waals surface area contributed by atoms with Gasteiger partial charge in [0.2, 0.25) is 0 Å². The minimum Gasteiger partial charge on any atom is -0.272 e. The molecule has 0 saturated carbocycles. The van der Waals surface area contributed by atoms with E-state index >= 15 is 0 Å². The highest BCUT2D eigenvalue weighted by Gasteiger charge is 2.42. The molecule has 1 amide bonds. The zero-order valence-corrected chi connectivity index (χ0v) is 9.25. The highest BCUT2D eigenvalue weighted by Crippen LogP contribution is 2.30. The number of amides is 1. The van der Waals surface area contributed by atoms with E-state index in [9.17, 15) is 22.4 Å². The lowest BCUT2D eigenvalue weighted by molar-refractivity contribution is -0.117. The molecule has 1 aliphatic rings. The Balaban J connectivity index is 2.40. The van der Waals surface area contributed by atoms with Crippen LogP contribution in [0.1, 0.15) is 12.0 Å². The van der Waals surface area contributed by atoms with E-state index in [-0.39, 0.29) is 5.69 Å². The summed E-state index contributed by atoms with van der Waals surface area (Å²) in [6.07, 6.45) is -5.42. The first-order chi connectivity index (χ1) is 8.29. The summed E-state index contributed by atoms with van der Waals surface area (Å²) in [5.74, 6) is -1.31. The second-order valence-corrected chi connectivity index (χ2v) is 3.86. The summed E-state index contributed by atoms with van der Waals surface area (Å²) in [5.41, 5.74) is -0.646. The Hall–Kier alpha value is -1.92. The lowest BCUT2D eigenvalue weighted by atomic mass is 10.2. The van der Waals surface area contributed by atoms with Crippen molar-refractivity contribution in [3.8, 4) is 0 Å². The summed E-state index contributed by atoms with van der Waals surface area (Å²) in [6, 6.07) is 3.42. The molecule has 0 bridgehead atoms. The van der Waals surface area contributed by atoms with Crippen LogP contribution in [0.25, 0.3) is 0 Å². The number of benzene rings is 1. The molecule has 3 nitrogen and oxygen atoms in total. The van der Waals surface area contributed by atoms with Crippen LogP contribution in [0.5, 0.6) is 0 Å². The normalized spacial score (nSPS) is 16.2. The number of rotatable bonds is 1. The van der Waals surface area contributed by atoms with E-state index in [4.69, 9.17) is 0 Å². The molecule has 1 heterocycles. The molecule has 1 aromatic carbocycles. The molecule has 7 heteroatoms. The van der Waals surface area contributed by atoms with Gasteiger partial charge in [-0.05, 0) is 30.7 Å². The summed E-state index contributed by atoms with van der Waals surface area (Å²) in [5, 5.41) is 3.92. The molecule has 1 aliphatic heterocycles. The molecule has 0 fully saturated rings. The second-order valence-electron chi connectivity index (χ2n) is 3.86. The Morgan fingerprint density at radius 3 is 2.50 bits per heavy atom. The topological polar surface area (TPSA) is 32.7 Å². The van der Waals surface area contributed by atoms with E-state index in [0.29, 0.717) is 10.6 Å². The number of carbonyl (C=O) groups excluding carboxylic acids is 1. The third-order valence-electron chi connectivity index (χ3n) is 2.49. The van der Waals surface area contributed by atoms with Crippen LogP contribution in [-0.4, -0.2) is 17.8 Å². The number of nitrogens with zero attached hydrogens (tertiary/aromatic N) is 2. The molecule has 0 aliphatic carbocycles. The number of carbonyl (C=O) groups is 1. The first-order valence-electron chi connectivity index (χ1n) is 5.03. The summed E-state index contributed by atoms with van der Waals surface area (Å²) < 4.78 is 50.1. The molecule has 0 unspecified atom stereocenters. The van der Waals surface area contributed by atoms with E-state index in [2.05, 4.69) is 5.10 Å². The van der Waals surface area contributed by atoms with Crippen LogP contribution in [-0.2, 0) is 4.79 Å². The fourth-order valence-electron chi connectivity index (χ4n) is 1.63. The monoisotopic (exact) mass is 260 g/mol. The number of halogens is 4. The quantitative estimate of drug-likeness (QED) is 0.714. The van der Waals surface area contributed by atoms with Crippen LogP contribution in [0.15, 0.2) is 23.3 Å². The van der Waals surface area contributed by atoms with Crippen LogP contribution < -0.4 is 5.01 Å². The van der Waals surface area contributed by atoms with Crippen molar-refractivity contribution in [2.45, 2.75) is 19.5 Å². The zero-order chi connectivity index (χ0) is 13.5. The van der Waals surface area contributed by atoms with Gasteiger partial charge in [0.25, 0.3) is 5.91 Å². The van der Waals surface area contributed by atoms with E-state index in [1.165, 1.54) is 13.0 Å². The van der Waals surface area contributed by atoms with E-state index in [0.717, 1.165) is 12.1 Å². The van der Waals surface area contributed by atoms with Crippen molar-refractivity contribution in [3.05, 3.63) is 29.6 Å². The molecule has 18 heavy (non-hydrogen) atoms. The molecule has 96 valence electrons. The highest BCUT2D eigenvalue weighted by molar-refractivity contribution is 6.15. The van der Waals surface area contributed by atoms with Gasteiger partial charge in [-0.15, -0.1) is 0 Å². The van der Waals surface area contributed by atoms with Crippen LogP contribution in [0.2, 0.25) is 0 Å². The Morgan fingerprint density at radius 1 is 1.33 bits per heavy atom. The average molecular weight is 260 g/mol. The number of hydrazone groups is 1. The second kappa shape index (κ2) is 4.08. The SMILES string of the molecule is Cc1cc(F)ccc1N1N=C(C(F)(F)F)CC1=O. The van der Waals surface area contributed by atoms with Crippen LogP contribution in [0, 0.1) is 12.7 Å². The fourth-order valence-corrected chi connectivity index (χ4v) is 1.63. The summed E-state index contributed by atoms with van der Waals surface area (Å²) in [4.78, 5) is 11.5. The van der Waals surface area contributed by atoms with Crippen molar-refractivity contribution >= 4 is 17.3 Å². The maximum Gasteiger partial charge on any atom is 0.431 e. The lowest BCUT2D eigenvalue weighted by Crippen LogP contribution is -2.22. The van der Waals surface area contributed by atoms with Gasteiger partial charge in [0.15, 0.2) is 5.71 Å². The molecule has 0 saturated heterocycles. The zero-order valence-electron chi connectivity index (χ0n) is 9.25. The van der Waals surface area contributed by atoms with Crippen molar-refractivity contribution in [2.75, 3.05) is 5.01 Å². The highest BCUT2D eigenvalue weighted by atomic mass is 19.4. The van der Waals surface area contributed by atoms with Crippen LogP contribution in [0.4, 0.5) is 23.2 Å². The molecule has 0 N–H and O–H groups in total. The third-order valence-corrected chi connectivity index (χ3v) is 2.49. The standard InChI is InChI=1S/C11H8F4N2O/c1-6-4-7(12)2-3-8(6)17-10(18)5-9(16-17)11(13,14)15/h2-4H,5H2,1H3. The van der Waals surface area contributed by atoms with Crippen molar-refractivity contribution < 1.29 is 22.4 Å². The maximum atomic E-state index is 12.9. The van der Waals surface area contributed by atoms with Gasteiger partial charge in [-0.25, -0.2) is 4.39 Å². The first kappa shape index (κ1) is 12.5. The van der Waals surface area contributed by atoms with Crippen molar-refractivity contribution in [1.82, 2.24) is 0 Å². The van der Waals surface area contributed by atoms with Gasteiger partial charge < -0.3 is 0 Å². The minimum atomic E-state index is -4.63. The molecular formula is C11H8F4N2O. The van der Waals surface area contributed by atoms with E-state index in [1.54, 1.807) is 0 Å². The molecule has 0 atom stereocenters. The molecule has 0 aromatic heterocycles. The molecule has 2 rings (SSSR count). The Morgan fingerprint density at radius 2 is 2.00 bits per heavy atom. The van der Waals surface area contributed by atoms with Gasteiger partial charge in [0.1, 0.15) is 5.82 Å². The van der Waals surface area contributed by atoms with Gasteiger partial charge in [-0.1, -0.05) is 0 Å². The number of aryl methyl sites for hydroxylation is 1. The largest absolute Gasteiger partial charge is 0.431 e. The summed E-state index contributed by atoms with van der Waals surface area (Å²) in [6.45, 7) is 1.49. The molecule has 0 spiro atoms. The lowest BCUT2D eigenvalue weighted by Gasteiger charge is -2.14. The fraction of sp³-hybridized carbons (Fsp3) is 0.273.